The Morgan fingerprint density at radius 3 is 2.62 bits per heavy atom. The van der Waals surface area contributed by atoms with Gasteiger partial charge in [-0.25, -0.2) is 4.39 Å². The lowest BCUT2D eigenvalue weighted by molar-refractivity contribution is 0.302. The van der Waals surface area contributed by atoms with Gasteiger partial charge in [-0.15, -0.1) is 0 Å². The average molecular weight is 435 g/mol. The Labute approximate surface area is 166 Å². The van der Waals surface area contributed by atoms with E-state index < -0.39 is 5.82 Å². The Balaban J connectivity index is 1.73. The van der Waals surface area contributed by atoms with Crippen molar-refractivity contribution in [3.8, 4) is 5.75 Å². The van der Waals surface area contributed by atoms with Crippen molar-refractivity contribution in [2.24, 2.45) is 0 Å². The van der Waals surface area contributed by atoms with E-state index >= 15 is 0 Å². The summed E-state index contributed by atoms with van der Waals surface area (Å²) in [5, 5.41) is 3.35. The van der Waals surface area contributed by atoms with Gasteiger partial charge in [0.05, 0.1) is 5.02 Å². The predicted octanol–water partition coefficient (Wildman–Crippen LogP) is 6.74. The third-order valence-corrected chi connectivity index (χ3v) is 4.85. The molecule has 0 spiro atoms. The molecule has 0 unspecified atom stereocenters. The van der Waals surface area contributed by atoms with E-state index in [0.717, 1.165) is 27.0 Å². The summed E-state index contributed by atoms with van der Waals surface area (Å²) in [5.41, 5.74) is 4.10. The monoisotopic (exact) mass is 433 g/mol. The minimum absolute atomic E-state index is 0.0975. The zero-order valence-corrected chi connectivity index (χ0v) is 16.6. The van der Waals surface area contributed by atoms with Crippen LogP contribution in [0.2, 0.25) is 5.02 Å². The van der Waals surface area contributed by atoms with E-state index in [2.05, 4.69) is 40.3 Å². The van der Waals surface area contributed by atoms with E-state index in [0.29, 0.717) is 13.2 Å². The molecule has 5 heteroatoms. The third-order valence-electron chi connectivity index (χ3n) is 4.07. The lowest BCUT2D eigenvalue weighted by Crippen LogP contribution is -2.04. The van der Waals surface area contributed by atoms with Crippen LogP contribution in [0, 0.1) is 12.7 Å². The van der Waals surface area contributed by atoms with Crippen molar-refractivity contribution < 1.29 is 9.13 Å². The quantitative estimate of drug-likeness (QED) is 0.464. The molecule has 0 aromatic heterocycles. The minimum atomic E-state index is -0.429. The SMILES string of the molecule is Cc1ccccc1COc1ccc(Br)cc1CNc1ccc(F)c(Cl)c1. The van der Waals surface area contributed by atoms with Crippen LogP contribution in [-0.4, -0.2) is 0 Å². The molecule has 0 fully saturated rings. The fraction of sp³-hybridized carbons (Fsp3) is 0.143. The van der Waals surface area contributed by atoms with Gasteiger partial charge in [0, 0.05) is 22.3 Å². The first-order chi connectivity index (χ1) is 12.5. The smallest absolute Gasteiger partial charge is 0.141 e. The number of ether oxygens (including phenoxy) is 1. The van der Waals surface area contributed by atoms with Gasteiger partial charge in [0.1, 0.15) is 18.2 Å². The summed E-state index contributed by atoms with van der Waals surface area (Å²) in [4.78, 5) is 0. The van der Waals surface area contributed by atoms with Crippen molar-refractivity contribution in [2.75, 3.05) is 5.32 Å². The number of hydrogen-bond acceptors (Lipinski definition) is 2. The summed E-state index contributed by atoms with van der Waals surface area (Å²) in [6.45, 7) is 3.11. The fourth-order valence-corrected chi connectivity index (χ4v) is 3.15. The number of hydrogen-bond donors (Lipinski definition) is 1. The van der Waals surface area contributed by atoms with Crippen LogP contribution in [0.15, 0.2) is 65.1 Å². The zero-order valence-electron chi connectivity index (χ0n) is 14.2. The summed E-state index contributed by atoms with van der Waals surface area (Å²) in [6.07, 6.45) is 0. The largest absolute Gasteiger partial charge is 0.489 e. The van der Waals surface area contributed by atoms with Gasteiger partial charge in [-0.1, -0.05) is 51.8 Å². The molecule has 0 amide bonds. The van der Waals surface area contributed by atoms with Gasteiger partial charge in [0.15, 0.2) is 0 Å². The topological polar surface area (TPSA) is 21.3 Å². The normalized spacial score (nSPS) is 10.6. The maximum Gasteiger partial charge on any atom is 0.141 e. The highest BCUT2D eigenvalue weighted by molar-refractivity contribution is 9.10. The molecule has 0 heterocycles. The molecule has 0 saturated carbocycles. The molecule has 134 valence electrons. The second-order valence-electron chi connectivity index (χ2n) is 5.95. The Bertz CT molecular complexity index is 916. The summed E-state index contributed by atoms with van der Waals surface area (Å²) in [6, 6.07) is 18.6. The lowest BCUT2D eigenvalue weighted by Gasteiger charge is -2.14. The molecule has 26 heavy (non-hydrogen) atoms. The summed E-state index contributed by atoms with van der Waals surface area (Å²) >= 11 is 9.33. The number of aryl methyl sites for hydroxylation is 1. The Morgan fingerprint density at radius 2 is 1.85 bits per heavy atom. The fourth-order valence-electron chi connectivity index (χ4n) is 2.56. The van der Waals surface area contributed by atoms with Crippen molar-refractivity contribution >= 4 is 33.2 Å². The zero-order chi connectivity index (χ0) is 18.5. The van der Waals surface area contributed by atoms with Crippen LogP contribution in [0.4, 0.5) is 10.1 Å². The summed E-state index contributed by atoms with van der Waals surface area (Å²) < 4.78 is 20.3. The van der Waals surface area contributed by atoms with Crippen molar-refractivity contribution in [2.45, 2.75) is 20.1 Å². The third kappa shape index (κ3) is 4.77. The van der Waals surface area contributed by atoms with Gasteiger partial charge in [0.25, 0.3) is 0 Å². The molecule has 0 radical (unpaired) electrons. The number of nitrogens with one attached hydrogen (secondary N) is 1. The molecule has 0 aliphatic heterocycles. The van der Waals surface area contributed by atoms with Crippen LogP contribution in [-0.2, 0) is 13.2 Å². The molecule has 3 rings (SSSR count). The number of rotatable bonds is 6. The van der Waals surface area contributed by atoms with Gasteiger partial charge < -0.3 is 10.1 Å². The molecule has 0 saturated heterocycles. The average Bonchev–Trinajstić information content (AvgIpc) is 2.63. The van der Waals surface area contributed by atoms with Crippen molar-refractivity contribution in [1.82, 2.24) is 0 Å². The molecule has 3 aromatic rings. The van der Waals surface area contributed by atoms with Crippen molar-refractivity contribution in [3.63, 3.8) is 0 Å². The molecular formula is C21H18BrClFNO. The van der Waals surface area contributed by atoms with Crippen LogP contribution >= 0.6 is 27.5 Å². The van der Waals surface area contributed by atoms with Gasteiger partial charge in [-0.2, -0.15) is 0 Å². The Kier molecular flexibility index (Phi) is 6.17. The lowest BCUT2D eigenvalue weighted by atomic mass is 10.1. The Hall–Kier alpha value is -2.04. The summed E-state index contributed by atoms with van der Waals surface area (Å²) in [5.74, 6) is 0.374. The van der Waals surface area contributed by atoms with Crippen LogP contribution in [0.1, 0.15) is 16.7 Å². The van der Waals surface area contributed by atoms with Crippen molar-refractivity contribution in [1.29, 1.82) is 0 Å². The second kappa shape index (κ2) is 8.56. The minimum Gasteiger partial charge on any atom is -0.489 e. The van der Waals surface area contributed by atoms with Crippen LogP contribution in [0.25, 0.3) is 0 Å². The molecule has 0 bridgehead atoms. The van der Waals surface area contributed by atoms with E-state index in [1.807, 2.05) is 30.3 Å². The molecule has 0 aliphatic rings. The van der Waals surface area contributed by atoms with Gasteiger partial charge in [0.2, 0.25) is 0 Å². The highest BCUT2D eigenvalue weighted by Crippen LogP contribution is 2.26. The summed E-state index contributed by atoms with van der Waals surface area (Å²) in [7, 11) is 0. The van der Waals surface area contributed by atoms with E-state index in [4.69, 9.17) is 16.3 Å². The van der Waals surface area contributed by atoms with E-state index in [1.165, 1.54) is 11.6 Å². The highest BCUT2D eigenvalue weighted by atomic mass is 79.9. The molecule has 2 nitrogen and oxygen atoms in total. The van der Waals surface area contributed by atoms with Crippen LogP contribution in [0.3, 0.4) is 0 Å². The van der Waals surface area contributed by atoms with E-state index in [9.17, 15) is 4.39 Å². The number of anilines is 1. The van der Waals surface area contributed by atoms with Crippen molar-refractivity contribution in [3.05, 3.63) is 92.7 Å². The second-order valence-corrected chi connectivity index (χ2v) is 7.27. The highest BCUT2D eigenvalue weighted by Gasteiger charge is 2.07. The van der Waals surface area contributed by atoms with E-state index in [1.54, 1.807) is 12.1 Å². The van der Waals surface area contributed by atoms with Crippen LogP contribution < -0.4 is 10.1 Å². The molecule has 3 aromatic carbocycles. The maximum absolute atomic E-state index is 13.3. The van der Waals surface area contributed by atoms with Gasteiger partial charge in [-0.3, -0.25) is 0 Å². The first kappa shape index (κ1) is 18.7. The molecule has 1 N–H and O–H groups in total. The molecular weight excluding hydrogens is 417 g/mol. The standard InChI is InChI=1S/C21H18BrClFNO/c1-14-4-2-3-5-15(14)13-26-21-9-6-17(22)10-16(21)12-25-18-7-8-20(24)19(23)11-18/h2-11,25H,12-13H2,1H3. The first-order valence-electron chi connectivity index (χ1n) is 8.17. The Morgan fingerprint density at radius 1 is 1.04 bits per heavy atom. The maximum atomic E-state index is 13.3. The predicted molar refractivity (Wildman–Crippen MR) is 108 cm³/mol. The first-order valence-corrected chi connectivity index (χ1v) is 9.34. The van der Waals surface area contributed by atoms with Gasteiger partial charge in [-0.05, 0) is 54.4 Å². The number of benzene rings is 3. The van der Waals surface area contributed by atoms with E-state index in [-0.39, 0.29) is 5.02 Å². The molecule has 0 atom stereocenters. The number of halogens is 3. The van der Waals surface area contributed by atoms with Gasteiger partial charge >= 0.3 is 0 Å². The van der Waals surface area contributed by atoms with Crippen LogP contribution in [0.5, 0.6) is 5.75 Å². The molecule has 0 aliphatic carbocycles.